The molecule has 0 saturated heterocycles. The highest BCUT2D eigenvalue weighted by Gasteiger charge is 2.20. The molecular weight excluding hydrogens is 649 g/mol. The Balaban J connectivity index is 1.20. The van der Waals surface area contributed by atoms with Gasteiger partial charge >= 0.3 is 0 Å². The van der Waals surface area contributed by atoms with Crippen LogP contribution in [0.3, 0.4) is 0 Å². The van der Waals surface area contributed by atoms with Gasteiger partial charge < -0.3 is 4.42 Å². The summed E-state index contributed by atoms with van der Waals surface area (Å²) in [5.41, 5.74) is 7.66. The van der Waals surface area contributed by atoms with Crippen LogP contribution in [-0.4, -0.2) is 19.9 Å². The lowest BCUT2D eigenvalue weighted by atomic mass is 9.92. The van der Waals surface area contributed by atoms with Crippen molar-refractivity contribution < 1.29 is 4.42 Å². The number of hydrogen-bond acceptors (Lipinski definition) is 5. The number of nitrogens with zero attached hydrogens (tertiary/aromatic N) is 4. The molecule has 0 N–H and O–H groups in total. The molecule has 0 saturated carbocycles. The molecule has 0 bridgehead atoms. The maximum Gasteiger partial charge on any atom is 0.164 e. The largest absolute Gasteiger partial charge is 0.456 e. The van der Waals surface area contributed by atoms with Crippen LogP contribution in [0.5, 0.6) is 0 Å². The Kier molecular flexibility index (Phi) is 6.48. The Labute approximate surface area is 303 Å². The molecule has 0 atom stereocenters. The Morgan fingerprint density at radius 3 is 1.89 bits per heavy atom. The number of fused-ring (bicyclic) bond motifs is 9. The summed E-state index contributed by atoms with van der Waals surface area (Å²) in [7, 11) is 0. The van der Waals surface area contributed by atoms with E-state index >= 15 is 0 Å². The average molecular weight is 677 g/mol. The summed E-state index contributed by atoms with van der Waals surface area (Å²) in [6.07, 6.45) is 1.84. The second kappa shape index (κ2) is 11.7. The second-order valence-corrected chi connectivity index (χ2v) is 13.4. The molecule has 3 aromatic heterocycles. The molecule has 0 spiro atoms. The van der Waals surface area contributed by atoms with E-state index in [1.165, 1.54) is 0 Å². The second-order valence-electron chi connectivity index (χ2n) is 13.4. The summed E-state index contributed by atoms with van der Waals surface area (Å²) < 4.78 is 6.28. The van der Waals surface area contributed by atoms with E-state index in [-0.39, 0.29) is 0 Å². The number of pyridine rings is 1. The van der Waals surface area contributed by atoms with E-state index in [9.17, 15) is 0 Å². The molecule has 0 unspecified atom stereocenters. The lowest BCUT2D eigenvalue weighted by Gasteiger charge is -2.15. The van der Waals surface area contributed by atoms with Crippen LogP contribution >= 0.6 is 0 Å². The molecule has 8 aromatic carbocycles. The SMILES string of the molecule is c1ccc(-c2nc(-c3ccc(-c4cccc5oc6ccccc6c45)c4ccccc34)nc(-c3cc4ncccc4c4ccc5ccccc5c34)n2)cc1. The van der Waals surface area contributed by atoms with Crippen molar-refractivity contribution in [3.8, 4) is 45.3 Å². The van der Waals surface area contributed by atoms with E-state index in [0.717, 1.165) is 93.0 Å². The predicted octanol–water partition coefficient (Wildman–Crippen LogP) is 12.4. The first kappa shape index (κ1) is 29.5. The zero-order chi connectivity index (χ0) is 34.9. The van der Waals surface area contributed by atoms with Crippen molar-refractivity contribution in [1.29, 1.82) is 0 Å². The summed E-state index contributed by atoms with van der Waals surface area (Å²) in [6.45, 7) is 0. The van der Waals surface area contributed by atoms with Gasteiger partial charge in [0.2, 0.25) is 0 Å². The van der Waals surface area contributed by atoms with Gasteiger partial charge in [0.05, 0.1) is 5.52 Å². The molecule has 5 nitrogen and oxygen atoms in total. The molecule has 11 rings (SSSR count). The molecule has 0 aliphatic heterocycles. The van der Waals surface area contributed by atoms with Crippen LogP contribution in [0.1, 0.15) is 0 Å². The quantitative estimate of drug-likeness (QED) is 0.174. The summed E-state index contributed by atoms with van der Waals surface area (Å²) in [5.74, 6) is 1.83. The van der Waals surface area contributed by atoms with Gasteiger partial charge in [-0.1, -0.05) is 133 Å². The van der Waals surface area contributed by atoms with E-state index < -0.39 is 0 Å². The lowest BCUT2D eigenvalue weighted by molar-refractivity contribution is 0.669. The van der Waals surface area contributed by atoms with Crippen molar-refractivity contribution in [2.45, 2.75) is 0 Å². The molecule has 53 heavy (non-hydrogen) atoms. The van der Waals surface area contributed by atoms with E-state index in [1.807, 2.05) is 48.7 Å². The standard InChI is InChI=1S/C48H28N4O/c1-2-13-30(14-3-1)46-50-47(52-48(51-46)40-28-41-35(20-11-27-49-41)37-24-23-29-12-4-5-15-31(29)44(37)40)38-26-25-34(32-16-6-7-17-33(32)38)36-19-10-22-43-45(36)39-18-8-9-21-42(39)53-43/h1-28H. The number of hydrogen-bond donors (Lipinski definition) is 0. The zero-order valence-corrected chi connectivity index (χ0v) is 28.4. The molecule has 246 valence electrons. The summed E-state index contributed by atoms with van der Waals surface area (Å²) in [4.78, 5) is 20.5. The molecule has 0 amide bonds. The van der Waals surface area contributed by atoms with Crippen LogP contribution in [0.2, 0.25) is 0 Å². The fraction of sp³-hybridized carbons (Fsp3) is 0. The Morgan fingerprint density at radius 1 is 0.358 bits per heavy atom. The molecule has 11 aromatic rings. The molecule has 0 fully saturated rings. The molecular formula is C48H28N4O. The Morgan fingerprint density at radius 2 is 1.02 bits per heavy atom. The minimum absolute atomic E-state index is 0.602. The summed E-state index contributed by atoms with van der Waals surface area (Å²) in [5, 5.41) is 9.98. The van der Waals surface area contributed by atoms with Crippen LogP contribution in [-0.2, 0) is 0 Å². The minimum Gasteiger partial charge on any atom is -0.456 e. The molecule has 0 aliphatic carbocycles. The molecule has 0 radical (unpaired) electrons. The van der Waals surface area contributed by atoms with E-state index in [2.05, 4.69) is 121 Å². The third-order valence-corrected chi connectivity index (χ3v) is 10.4. The highest BCUT2D eigenvalue weighted by Crippen LogP contribution is 2.42. The first-order valence-corrected chi connectivity index (χ1v) is 17.7. The van der Waals surface area contributed by atoms with Gasteiger partial charge in [-0.3, -0.25) is 4.98 Å². The maximum atomic E-state index is 6.28. The zero-order valence-electron chi connectivity index (χ0n) is 28.4. The first-order valence-electron chi connectivity index (χ1n) is 17.7. The topological polar surface area (TPSA) is 64.7 Å². The van der Waals surface area contributed by atoms with E-state index in [1.54, 1.807) is 0 Å². The Hall–Kier alpha value is -7.24. The van der Waals surface area contributed by atoms with Crippen molar-refractivity contribution >= 4 is 65.2 Å². The highest BCUT2D eigenvalue weighted by atomic mass is 16.3. The number of furan rings is 1. The fourth-order valence-corrected chi connectivity index (χ4v) is 7.99. The van der Waals surface area contributed by atoms with E-state index in [0.29, 0.717) is 17.5 Å². The third-order valence-electron chi connectivity index (χ3n) is 10.4. The van der Waals surface area contributed by atoms with Gasteiger partial charge in [-0.25, -0.2) is 15.0 Å². The smallest absolute Gasteiger partial charge is 0.164 e. The van der Waals surface area contributed by atoms with Gasteiger partial charge in [0.1, 0.15) is 11.2 Å². The van der Waals surface area contributed by atoms with Crippen LogP contribution in [0.15, 0.2) is 174 Å². The normalized spacial score (nSPS) is 11.8. The fourth-order valence-electron chi connectivity index (χ4n) is 7.99. The first-order chi connectivity index (χ1) is 26.3. The van der Waals surface area contributed by atoms with Gasteiger partial charge in [0.15, 0.2) is 17.5 Å². The van der Waals surface area contributed by atoms with Crippen molar-refractivity contribution in [2.75, 3.05) is 0 Å². The number of rotatable bonds is 4. The summed E-state index contributed by atoms with van der Waals surface area (Å²) in [6, 6.07) is 56.7. The molecule has 5 heteroatoms. The van der Waals surface area contributed by atoms with Crippen molar-refractivity contribution in [2.24, 2.45) is 0 Å². The third kappa shape index (κ3) is 4.64. The van der Waals surface area contributed by atoms with Crippen LogP contribution in [0, 0.1) is 0 Å². The lowest BCUT2D eigenvalue weighted by Crippen LogP contribution is -2.01. The van der Waals surface area contributed by atoms with Crippen molar-refractivity contribution in [1.82, 2.24) is 19.9 Å². The van der Waals surface area contributed by atoms with Crippen molar-refractivity contribution in [3.05, 3.63) is 170 Å². The predicted molar refractivity (Wildman–Crippen MR) is 217 cm³/mol. The van der Waals surface area contributed by atoms with Crippen LogP contribution in [0.4, 0.5) is 0 Å². The van der Waals surface area contributed by atoms with Crippen LogP contribution in [0.25, 0.3) is 110 Å². The monoisotopic (exact) mass is 676 g/mol. The number of aromatic nitrogens is 4. The summed E-state index contributed by atoms with van der Waals surface area (Å²) >= 11 is 0. The number of benzene rings is 8. The van der Waals surface area contributed by atoms with Gasteiger partial charge in [0, 0.05) is 44.4 Å². The Bertz CT molecular complexity index is 3240. The van der Waals surface area contributed by atoms with Gasteiger partial charge in [0.25, 0.3) is 0 Å². The average Bonchev–Trinajstić information content (AvgIpc) is 3.62. The van der Waals surface area contributed by atoms with Gasteiger partial charge in [-0.2, -0.15) is 0 Å². The van der Waals surface area contributed by atoms with Gasteiger partial charge in [-0.05, 0) is 68.4 Å². The number of para-hydroxylation sites is 1. The highest BCUT2D eigenvalue weighted by molar-refractivity contribution is 6.22. The minimum atomic E-state index is 0.602. The van der Waals surface area contributed by atoms with Gasteiger partial charge in [-0.15, -0.1) is 0 Å². The molecule has 3 heterocycles. The van der Waals surface area contributed by atoms with Crippen LogP contribution < -0.4 is 0 Å². The molecule has 0 aliphatic rings. The van der Waals surface area contributed by atoms with Crippen molar-refractivity contribution in [3.63, 3.8) is 0 Å². The maximum absolute atomic E-state index is 6.28. The van der Waals surface area contributed by atoms with E-state index in [4.69, 9.17) is 24.4 Å².